The van der Waals surface area contributed by atoms with E-state index >= 15 is 0 Å². The molecule has 1 aliphatic carbocycles. The van der Waals surface area contributed by atoms with E-state index in [9.17, 15) is 0 Å². The van der Waals surface area contributed by atoms with Gasteiger partial charge in [-0.1, -0.05) is 0 Å². The molecule has 0 radical (unpaired) electrons. The van der Waals surface area contributed by atoms with E-state index in [0.717, 1.165) is 44.5 Å². The van der Waals surface area contributed by atoms with Crippen LogP contribution in [0.4, 0.5) is 0 Å². The molecular formula is C16H8O4. The van der Waals surface area contributed by atoms with Gasteiger partial charge in [0.05, 0.1) is 50.1 Å². The summed E-state index contributed by atoms with van der Waals surface area (Å²) in [5, 5.41) is 0. The molecule has 0 fully saturated rings. The zero-order valence-electron chi connectivity index (χ0n) is 10.3. The van der Waals surface area contributed by atoms with Crippen molar-refractivity contribution in [2.24, 2.45) is 0 Å². The molecule has 4 heteroatoms. The van der Waals surface area contributed by atoms with Crippen molar-refractivity contribution in [1.82, 2.24) is 0 Å². The molecule has 4 aromatic heterocycles. The Morgan fingerprint density at radius 3 is 0.600 bits per heavy atom. The molecule has 20 heavy (non-hydrogen) atoms. The van der Waals surface area contributed by atoms with Crippen LogP contribution < -0.4 is 0 Å². The number of hydrogen-bond donors (Lipinski definition) is 0. The van der Waals surface area contributed by atoms with Crippen LogP contribution in [0.2, 0.25) is 0 Å². The van der Waals surface area contributed by atoms with E-state index in [2.05, 4.69) is 0 Å². The zero-order chi connectivity index (χ0) is 13.1. The zero-order valence-corrected chi connectivity index (χ0v) is 10.3. The topological polar surface area (TPSA) is 52.6 Å². The van der Waals surface area contributed by atoms with Gasteiger partial charge in [0.25, 0.3) is 0 Å². The molecule has 5 rings (SSSR count). The van der Waals surface area contributed by atoms with Crippen molar-refractivity contribution in [3.05, 3.63) is 50.1 Å². The summed E-state index contributed by atoms with van der Waals surface area (Å²) in [6.45, 7) is 0. The first kappa shape index (κ1) is 9.97. The van der Waals surface area contributed by atoms with Crippen LogP contribution in [0.5, 0.6) is 0 Å². The van der Waals surface area contributed by atoms with Gasteiger partial charge in [-0.05, 0) is 0 Å². The van der Waals surface area contributed by atoms with Crippen molar-refractivity contribution >= 4 is 0 Å². The maximum atomic E-state index is 5.40. The van der Waals surface area contributed by atoms with Gasteiger partial charge in [0.15, 0.2) is 0 Å². The third kappa shape index (κ3) is 1.07. The molecule has 0 spiro atoms. The Bertz CT molecular complexity index is 668. The Kier molecular flexibility index (Phi) is 1.68. The lowest BCUT2D eigenvalue weighted by molar-refractivity contribution is 0.563. The number of hydrogen-bond acceptors (Lipinski definition) is 4. The average molecular weight is 264 g/mol. The Morgan fingerprint density at radius 1 is 0.300 bits per heavy atom. The third-order valence-corrected chi connectivity index (χ3v) is 3.81. The highest BCUT2D eigenvalue weighted by Crippen LogP contribution is 2.48. The van der Waals surface area contributed by atoms with Crippen LogP contribution in [0, 0.1) is 0 Å². The highest BCUT2D eigenvalue weighted by atomic mass is 16.3. The minimum absolute atomic E-state index is 0.989. The highest BCUT2D eigenvalue weighted by molar-refractivity contribution is 6.01. The van der Waals surface area contributed by atoms with Crippen LogP contribution in [0.1, 0.15) is 0 Å². The lowest BCUT2D eigenvalue weighted by Gasteiger charge is -2.09. The normalized spacial score (nSPS) is 12.0. The first-order valence-corrected chi connectivity index (χ1v) is 6.20. The standard InChI is InChI=1S/C16H8O4/c1-9-10(2-17-1)12-4-19-6-14(12)16-8-20-7-15(16)13-5-18-3-11(9)13/h1-8H. The van der Waals surface area contributed by atoms with Gasteiger partial charge in [-0.3, -0.25) is 0 Å². The molecule has 0 atom stereocenters. The summed E-state index contributed by atoms with van der Waals surface area (Å²) in [5.74, 6) is 0. The van der Waals surface area contributed by atoms with Crippen molar-refractivity contribution in [1.29, 1.82) is 0 Å². The monoisotopic (exact) mass is 264 g/mol. The smallest absolute Gasteiger partial charge is 0.0988 e. The molecule has 1 aliphatic rings. The molecule has 0 saturated heterocycles. The number of rotatable bonds is 0. The summed E-state index contributed by atoms with van der Waals surface area (Å²) in [5.41, 5.74) is 7.91. The maximum absolute atomic E-state index is 5.40. The fourth-order valence-corrected chi connectivity index (χ4v) is 2.86. The molecule has 4 nitrogen and oxygen atoms in total. The average Bonchev–Trinajstić information content (AvgIpc) is 3.21. The van der Waals surface area contributed by atoms with Crippen LogP contribution in [0.3, 0.4) is 0 Å². The van der Waals surface area contributed by atoms with Gasteiger partial charge in [-0.15, -0.1) is 0 Å². The number of furan rings is 4. The van der Waals surface area contributed by atoms with Crippen LogP contribution in [0.25, 0.3) is 44.5 Å². The maximum Gasteiger partial charge on any atom is 0.0988 e. The van der Waals surface area contributed by atoms with Crippen molar-refractivity contribution in [2.75, 3.05) is 0 Å². The van der Waals surface area contributed by atoms with E-state index in [1.165, 1.54) is 0 Å². The van der Waals surface area contributed by atoms with E-state index in [1.807, 2.05) is 0 Å². The summed E-state index contributed by atoms with van der Waals surface area (Å²) in [7, 11) is 0. The van der Waals surface area contributed by atoms with Gasteiger partial charge in [-0.25, -0.2) is 0 Å². The summed E-state index contributed by atoms with van der Waals surface area (Å²) < 4.78 is 21.6. The molecule has 96 valence electrons. The van der Waals surface area contributed by atoms with E-state index in [4.69, 9.17) is 17.7 Å². The molecule has 0 bridgehead atoms. The van der Waals surface area contributed by atoms with E-state index in [1.54, 1.807) is 50.1 Å². The fourth-order valence-electron chi connectivity index (χ4n) is 2.86. The van der Waals surface area contributed by atoms with Crippen molar-refractivity contribution < 1.29 is 17.7 Å². The Morgan fingerprint density at radius 2 is 0.450 bits per heavy atom. The van der Waals surface area contributed by atoms with Gasteiger partial charge in [0.1, 0.15) is 0 Å². The SMILES string of the molecule is c1occ2c1-c1cocc1-c1cocc1-c1cocc1-2. The second-order valence-electron chi connectivity index (χ2n) is 4.80. The minimum Gasteiger partial charge on any atom is -0.471 e. The quantitative estimate of drug-likeness (QED) is 0.393. The van der Waals surface area contributed by atoms with E-state index < -0.39 is 0 Å². The molecule has 0 aromatic carbocycles. The lowest BCUT2D eigenvalue weighted by Crippen LogP contribution is -1.87. The molecule has 4 aromatic rings. The number of fused-ring (bicyclic) bond motifs is 8. The second kappa shape index (κ2) is 3.36. The summed E-state index contributed by atoms with van der Waals surface area (Å²) in [4.78, 5) is 0. The largest absolute Gasteiger partial charge is 0.471 e. The van der Waals surface area contributed by atoms with Gasteiger partial charge in [-0.2, -0.15) is 0 Å². The second-order valence-corrected chi connectivity index (χ2v) is 4.80. The van der Waals surface area contributed by atoms with Crippen LogP contribution in [0.15, 0.2) is 67.8 Å². The molecule has 0 amide bonds. The molecule has 0 N–H and O–H groups in total. The molecule has 0 aliphatic heterocycles. The highest BCUT2D eigenvalue weighted by Gasteiger charge is 2.26. The van der Waals surface area contributed by atoms with Crippen molar-refractivity contribution in [3.8, 4) is 44.5 Å². The summed E-state index contributed by atoms with van der Waals surface area (Å²) in [6.07, 6.45) is 13.8. The van der Waals surface area contributed by atoms with Gasteiger partial charge in [0.2, 0.25) is 0 Å². The molecule has 0 saturated carbocycles. The molecule has 4 heterocycles. The van der Waals surface area contributed by atoms with Crippen LogP contribution in [-0.4, -0.2) is 0 Å². The minimum atomic E-state index is 0.989. The third-order valence-electron chi connectivity index (χ3n) is 3.81. The van der Waals surface area contributed by atoms with Gasteiger partial charge < -0.3 is 17.7 Å². The van der Waals surface area contributed by atoms with E-state index in [-0.39, 0.29) is 0 Å². The van der Waals surface area contributed by atoms with Crippen molar-refractivity contribution in [3.63, 3.8) is 0 Å². The van der Waals surface area contributed by atoms with Gasteiger partial charge in [0, 0.05) is 44.5 Å². The molecule has 0 unspecified atom stereocenters. The van der Waals surface area contributed by atoms with E-state index in [0.29, 0.717) is 0 Å². The van der Waals surface area contributed by atoms with Crippen molar-refractivity contribution in [2.45, 2.75) is 0 Å². The lowest BCUT2D eigenvalue weighted by atomic mass is 9.88. The predicted octanol–water partition coefficient (Wildman–Crippen LogP) is 5.04. The first-order chi connectivity index (χ1) is 9.93. The fraction of sp³-hybridized carbons (Fsp3) is 0. The Labute approximate surface area is 113 Å². The Balaban J connectivity index is 2.00. The summed E-state index contributed by atoms with van der Waals surface area (Å²) in [6, 6.07) is 0. The summed E-state index contributed by atoms with van der Waals surface area (Å²) >= 11 is 0. The first-order valence-electron chi connectivity index (χ1n) is 6.20. The van der Waals surface area contributed by atoms with Gasteiger partial charge >= 0.3 is 0 Å². The molecular weight excluding hydrogens is 256 g/mol. The Hall–Kier alpha value is -2.88. The van der Waals surface area contributed by atoms with Crippen LogP contribution >= 0.6 is 0 Å². The predicted molar refractivity (Wildman–Crippen MR) is 70.8 cm³/mol. The van der Waals surface area contributed by atoms with Crippen LogP contribution in [-0.2, 0) is 0 Å².